The van der Waals surface area contributed by atoms with Gasteiger partial charge in [0, 0.05) is 0 Å². The van der Waals surface area contributed by atoms with Crippen molar-refractivity contribution in [3.63, 3.8) is 0 Å². The Hall–Kier alpha value is -4.07. The Morgan fingerprint density at radius 3 is 1.85 bits per heavy atom. The molecule has 60 valence electrons. The second kappa shape index (κ2) is 2.68. The van der Waals surface area contributed by atoms with Crippen LogP contribution in [0.15, 0.2) is 0 Å². The van der Waals surface area contributed by atoms with E-state index in [0.717, 1.165) is 12.8 Å². The van der Waals surface area contributed by atoms with Crippen LogP contribution in [0.25, 0.3) is 0 Å². The van der Waals surface area contributed by atoms with E-state index in [1.165, 1.54) is 6.42 Å². The van der Waals surface area contributed by atoms with E-state index < -0.39 is 5.67 Å². The fraction of sp³-hybridized carbons (Fsp3) is 0.875. The van der Waals surface area contributed by atoms with Gasteiger partial charge in [0.25, 0.3) is 0 Å². The van der Waals surface area contributed by atoms with Crippen molar-refractivity contribution in [2.45, 2.75) is 31.9 Å². The van der Waals surface area contributed by atoms with Crippen LogP contribution in [0.5, 0.6) is 0 Å². The molecule has 0 saturated heterocycles. The van der Waals surface area contributed by atoms with Gasteiger partial charge in [-0.05, 0) is 13.3 Å². The van der Waals surface area contributed by atoms with E-state index in [4.69, 9.17) is 0 Å². The first-order valence-corrected chi connectivity index (χ1v) is 3.72. The molecule has 2 aliphatic carbocycles. The fourth-order valence-electron chi connectivity index (χ4n) is 2.25. The number of halogens is 1. The zero-order chi connectivity index (χ0) is 6.48. The molecule has 0 aromatic rings. The molecule has 2 aliphatic rings. The van der Waals surface area contributed by atoms with Crippen LogP contribution in [0.2, 0.25) is 0 Å². The van der Waals surface area contributed by atoms with Crippen molar-refractivity contribution in [2.75, 3.05) is 0 Å². The average molecular weight is 1200 g/mol. The molecular formula is C8H12FRf4-. The second-order valence-corrected chi connectivity index (χ2v) is 3.62. The molecule has 0 heterocycles. The summed E-state index contributed by atoms with van der Waals surface area (Å²) in [7, 11) is 0. The number of fused-ring (bicyclic) bond motifs is 2. The Bertz CT molecular complexity index is 140. The molecule has 2 fully saturated rings. The first-order valence-electron chi connectivity index (χ1n) is 3.72. The minimum absolute atomic E-state index is 0. The van der Waals surface area contributed by atoms with Gasteiger partial charge in [0.05, 0.1) is 5.67 Å². The molecule has 0 aliphatic heterocycles. The van der Waals surface area contributed by atoms with Gasteiger partial charge in [0.1, 0.15) is 0 Å². The number of rotatable bonds is 0. The molecule has 0 nitrogen and oxygen atoms in total. The van der Waals surface area contributed by atoms with Crippen molar-refractivity contribution in [1.82, 2.24) is 0 Å². The largest absolute Gasteiger partial charge is 0.319 e. The number of hydrogen-bond acceptors (Lipinski definition) is 0. The van der Waals surface area contributed by atoms with Crippen molar-refractivity contribution in [1.29, 1.82) is 0 Å². The van der Waals surface area contributed by atoms with E-state index in [2.05, 4.69) is 6.42 Å². The minimum atomic E-state index is -0.844. The van der Waals surface area contributed by atoms with E-state index in [0.29, 0.717) is 11.8 Å². The summed E-state index contributed by atoms with van der Waals surface area (Å²) < 4.78 is 13.3. The van der Waals surface area contributed by atoms with E-state index >= 15 is 0 Å². The molecule has 13 heavy (non-hydrogen) atoms. The molecule has 0 amide bonds. The van der Waals surface area contributed by atoms with Gasteiger partial charge in [-0.1, -0.05) is 12.8 Å². The molecule has 5 heteroatoms. The quantitative estimate of drug-likeness (QED) is 0.328. The Morgan fingerprint density at radius 1 is 1.15 bits per heavy atom. The predicted molar refractivity (Wildman–Crippen MR) is 34.6 cm³/mol. The Labute approximate surface area is 55.4 Å². The fourth-order valence-corrected chi connectivity index (χ4v) is 2.25. The molecule has 0 aromatic heterocycles. The molecule has 3 atom stereocenters. The predicted octanol–water partition coefficient (Wildman–Crippen LogP) is 2.35. The topological polar surface area (TPSA) is 0 Å². The maximum absolute atomic E-state index is 13.3. The first-order chi connectivity index (χ1) is 4.18. The van der Waals surface area contributed by atoms with E-state index in [1.54, 1.807) is 6.92 Å². The van der Waals surface area contributed by atoms with Gasteiger partial charge >= 0.3 is 0 Å². The SMILES string of the molecule is CC1(F)CC2[CH-]C1CC2.[Rf].[Rf].[Rf].[Rf]. The van der Waals surface area contributed by atoms with Gasteiger partial charge in [0.2, 0.25) is 0 Å². The van der Waals surface area contributed by atoms with Crippen LogP contribution in [0.4, 0.5) is 4.39 Å². The van der Waals surface area contributed by atoms with E-state index in [9.17, 15) is 4.39 Å². The third kappa shape index (κ3) is 1.10. The second-order valence-electron chi connectivity index (χ2n) is 3.62. The van der Waals surface area contributed by atoms with Crippen molar-refractivity contribution in [3.05, 3.63) is 6.42 Å². The summed E-state index contributed by atoms with van der Waals surface area (Å²) in [5.74, 6) is 0.910. The van der Waals surface area contributed by atoms with Gasteiger partial charge in [-0.3, -0.25) is 0 Å². The van der Waals surface area contributed by atoms with E-state index in [-0.39, 0.29) is 0 Å². The van der Waals surface area contributed by atoms with Crippen LogP contribution in [0, 0.1) is 18.3 Å². The number of alkyl halides is 1. The van der Waals surface area contributed by atoms with Gasteiger partial charge in [-0.2, -0.15) is 5.92 Å². The Balaban J connectivity index is -0.000000250. The van der Waals surface area contributed by atoms with Gasteiger partial charge in [-0.15, -0.1) is 5.92 Å². The van der Waals surface area contributed by atoms with Crippen LogP contribution >= 0.6 is 0 Å². The molecular weight excluding hydrogens is 1180 g/mol. The van der Waals surface area contributed by atoms with Crippen LogP contribution in [0.1, 0.15) is 26.2 Å². The summed E-state index contributed by atoms with van der Waals surface area (Å²) in [4.78, 5) is 0. The normalized spacial score (nSPS) is 39.2. The maximum atomic E-state index is 13.3. The molecule has 0 N–H and O–H groups in total. The van der Waals surface area contributed by atoms with Crippen LogP contribution < -0.4 is 0 Å². The third-order valence-corrected chi connectivity index (χ3v) is 2.79. The standard InChI is InChI=1S/C8H12F.4Rf/c1-8(9)5-6-2-3-7(8)4-6;;;;/h4,6-7H,2-3,5H2,1H3;;;;/q-1;;;;. The monoisotopic (exact) mass is 1200 g/mol. The van der Waals surface area contributed by atoms with Crippen molar-refractivity contribution in [2.24, 2.45) is 11.8 Å². The zero-order valence-corrected chi connectivity index (χ0v) is 34.2. The molecule has 2 saturated carbocycles. The van der Waals surface area contributed by atoms with Crippen LogP contribution in [-0.2, 0) is 0 Å². The summed E-state index contributed by atoms with van der Waals surface area (Å²) in [6.07, 6.45) is 5.33. The molecule has 2 rings (SSSR count). The third-order valence-electron chi connectivity index (χ3n) is 2.79. The van der Waals surface area contributed by atoms with Crippen molar-refractivity contribution >= 4 is 0 Å². The molecule has 3 unspecified atom stereocenters. The van der Waals surface area contributed by atoms with Crippen molar-refractivity contribution in [3.8, 4) is 0 Å². The summed E-state index contributed by atoms with van der Waals surface area (Å²) in [5, 5.41) is 0. The minimum Gasteiger partial charge on any atom is -0.319 e. The summed E-state index contributed by atoms with van der Waals surface area (Å²) >= 11 is 0. The van der Waals surface area contributed by atoms with Crippen LogP contribution in [-0.4, -0.2) is 5.67 Å². The summed E-state index contributed by atoms with van der Waals surface area (Å²) in [6.45, 7) is 1.74. The molecule has 0 aromatic carbocycles. The van der Waals surface area contributed by atoms with Crippen LogP contribution in [0.3, 0.4) is 0 Å². The summed E-state index contributed by atoms with van der Waals surface area (Å²) in [6, 6.07) is 0. The molecule has 0 radical (unpaired) electrons. The summed E-state index contributed by atoms with van der Waals surface area (Å²) in [5.41, 5.74) is -0.844. The Morgan fingerprint density at radius 2 is 1.69 bits per heavy atom. The molecule has 2 bridgehead atoms. The number of hydrogen-bond donors (Lipinski definition) is 0. The smallest absolute Gasteiger partial charge is 0.0818 e. The van der Waals surface area contributed by atoms with Gasteiger partial charge in [-0.25, -0.2) is 4.39 Å². The first kappa shape index (κ1) is 16.0. The van der Waals surface area contributed by atoms with Gasteiger partial charge < -0.3 is 6.42 Å². The molecule has 0 spiro atoms. The van der Waals surface area contributed by atoms with E-state index in [1.807, 2.05) is 0 Å². The van der Waals surface area contributed by atoms with Gasteiger partial charge in [0.15, 0.2) is 0 Å². The average Bonchev–Trinajstić information content (AvgIpc) is 2.19. The zero-order valence-electron chi connectivity index (χ0n) is 8.56. The Kier molecular flexibility index (Phi) is 3.29. The van der Waals surface area contributed by atoms with Crippen molar-refractivity contribution < 1.29 is 4.39 Å². The maximum Gasteiger partial charge on any atom is 0.0818 e.